The van der Waals surface area contributed by atoms with Crippen LogP contribution in [0.5, 0.6) is 0 Å². The lowest BCUT2D eigenvalue weighted by atomic mass is 10.2. The molecule has 0 spiro atoms. The number of nitrogens with one attached hydrogen (secondary N) is 2. The summed E-state index contributed by atoms with van der Waals surface area (Å²) in [4.78, 5) is 21.5. The molecule has 7 nitrogen and oxygen atoms in total. The van der Waals surface area contributed by atoms with Crippen molar-refractivity contribution in [2.24, 2.45) is 0 Å². The molecule has 2 aromatic rings. The fourth-order valence-electron chi connectivity index (χ4n) is 2.44. The summed E-state index contributed by atoms with van der Waals surface area (Å²) in [5, 5.41) is 3.80. The van der Waals surface area contributed by atoms with Crippen molar-refractivity contribution < 1.29 is 4.74 Å². The van der Waals surface area contributed by atoms with Gasteiger partial charge in [-0.1, -0.05) is 35.4 Å². The van der Waals surface area contributed by atoms with Gasteiger partial charge in [-0.05, 0) is 18.2 Å². The van der Waals surface area contributed by atoms with E-state index in [1.165, 1.54) is 0 Å². The number of nitrogens with two attached hydrogens (primary N) is 1. The van der Waals surface area contributed by atoms with Crippen LogP contribution in [-0.4, -0.2) is 41.3 Å². The minimum Gasteiger partial charge on any atom is -0.383 e. The van der Waals surface area contributed by atoms with Crippen molar-refractivity contribution in [2.45, 2.75) is 0 Å². The lowest BCUT2D eigenvalue weighted by molar-refractivity contribution is 0.122. The van der Waals surface area contributed by atoms with Gasteiger partial charge < -0.3 is 20.7 Å². The first-order valence-electron chi connectivity index (χ1n) is 7.44. The highest BCUT2D eigenvalue weighted by atomic mass is 35.5. The van der Waals surface area contributed by atoms with E-state index in [0.29, 0.717) is 48.0 Å². The van der Waals surface area contributed by atoms with Gasteiger partial charge in [0.1, 0.15) is 16.4 Å². The normalized spacial score (nSPS) is 14.4. The zero-order valence-corrected chi connectivity index (χ0v) is 15.3. The summed E-state index contributed by atoms with van der Waals surface area (Å²) in [5.41, 5.74) is 6.21. The summed E-state index contributed by atoms with van der Waals surface area (Å²) in [6.45, 7) is 2.40. The van der Waals surface area contributed by atoms with Crippen LogP contribution in [0.3, 0.4) is 0 Å². The minimum absolute atomic E-state index is 0.0517. The maximum absolute atomic E-state index is 12.5. The maximum atomic E-state index is 12.5. The number of aromatic amines is 1. The van der Waals surface area contributed by atoms with Crippen LogP contribution in [0, 0.1) is 0 Å². The average Bonchev–Trinajstić information content (AvgIpc) is 2.54. The summed E-state index contributed by atoms with van der Waals surface area (Å²) in [5.74, 6) is 0.457. The molecule has 4 N–H and O–H groups in total. The molecule has 1 saturated heterocycles. The number of benzene rings is 1. The molecule has 3 rings (SSSR count). The van der Waals surface area contributed by atoms with Crippen LogP contribution in [-0.2, 0) is 4.74 Å². The van der Waals surface area contributed by atoms with Gasteiger partial charge in [0.2, 0.25) is 5.95 Å². The Balaban J connectivity index is 1.86. The van der Waals surface area contributed by atoms with E-state index in [1.807, 2.05) is 4.90 Å². The van der Waals surface area contributed by atoms with E-state index in [1.54, 1.807) is 18.2 Å². The number of nitrogens with zero attached hydrogens (tertiary/aromatic N) is 2. The molecule has 0 atom stereocenters. The Bertz CT molecular complexity index is 847. The predicted octanol–water partition coefficient (Wildman–Crippen LogP) is 2.28. The summed E-state index contributed by atoms with van der Waals surface area (Å²) < 4.78 is 5.28. The number of nitrogen functional groups attached to an aromatic ring is 1. The highest BCUT2D eigenvalue weighted by Crippen LogP contribution is 2.23. The molecule has 0 bridgehead atoms. The Labute approximate surface area is 159 Å². The van der Waals surface area contributed by atoms with Crippen LogP contribution in [0.4, 0.5) is 17.5 Å². The molecule has 1 aliphatic heterocycles. The largest absolute Gasteiger partial charge is 0.383 e. The predicted molar refractivity (Wildman–Crippen MR) is 104 cm³/mol. The smallest absolute Gasteiger partial charge is 0.264 e. The van der Waals surface area contributed by atoms with Gasteiger partial charge in [0.15, 0.2) is 0 Å². The standard InChI is InChI=1S/C15H15Cl2N5O2S/c16-8-5-9(17)7-10(6-8)19-14(25)11-12(18)20-15(21-13(11)23)22-1-3-24-4-2-22/h5-7H,1-4H2,(H,19,25)(H3,18,20,21,23). The molecule has 25 heavy (non-hydrogen) atoms. The van der Waals surface area contributed by atoms with Crippen LogP contribution in [0.2, 0.25) is 10.0 Å². The first kappa shape index (κ1) is 17.9. The van der Waals surface area contributed by atoms with Gasteiger partial charge in [-0.3, -0.25) is 9.78 Å². The maximum Gasteiger partial charge on any atom is 0.264 e. The second-order valence-electron chi connectivity index (χ2n) is 5.36. The van der Waals surface area contributed by atoms with Gasteiger partial charge in [0.25, 0.3) is 5.56 Å². The van der Waals surface area contributed by atoms with E-state index in [-0.39, 0.29) is 16.4 Å². The number of ether oxygens (including phenoxy) is 1. The second kappa shape index (κ2) is 7.57. The van der Waals surface area contributed by atoms with Crippen molar-refractivity contribution in [2.75, 3.05) is 42.3 Å². The molecule has 0 radical (unpaired) electrons. The highest BCUT2D eigenvalue weighted by Gasteiger charge is 2.19. The summed E-state index contributed by atoms with van der Waals surface area (Å²) in [6, 6.07) is 4.87. The number of morpholine rings is 1. The molecule has 1 aromatic carbocycles. The fourth-order valence-corrected chi connectivity index (χ4v) is 3.28. The van der Waals surface area contributed by atoms with Crippen LogP contribution in [0.1, 0.15) is 5.56 Å². The zero-order valence-electron chi connectivity index (χ0n) is 13.0. The molecule has 1 aromatic heterocycles. The molecule has 132 valence electrons. The van der Waals surface area contributed by atoms with Crippen molar-refractivity contribution in [3.63, 3.8) is 0 Å². The monoisotopic (exact) mass is 399 g/mol. The topological polar surface area (TPSA) is 96.3 Å². The minimum atomic E-state index is -0.417. The van der Waals surface area contributed by atoms with E-state index in [2.05, 4.69) is 15.3 Å². The summed E-state index contributed by atoms with van der Waals surface area (Å²) in [6.07, 6.45) is 0. The third-order valence-corrected chi connectivity index (χ3v) is 4.34. The van der Waals surface area contributed by atoms with Crippen molar-refractivity contribution in [1.29, 1.82) is 0 Å². The number of hydrogen-bond donors (Lipinski definition) is 3. The van der Waals surface area contributed by atoms with Crippen LogP contribution < -0.4 is 21.5 Å². The number of hydrogen-bond acceptors (Lipinski definition) is 6. The van der Waals surface area contributed by atoms with Gasteiger partial charge in [-0.2, -0.15) is 4.98 Å². The van der Waals surface area contributed by atoms with Gasteiger partial charge >= 0.3 is 0 Å². The molecule has 10 heteroatoms. The number of anilines is 3. The van der Waals surface area contributed by atoms with E-state index >= 15 is 0 Å². The lowest BCUT2D eigenvalue weighted by Crippen LogP contribution is -2.39. The Hall–Kier alpha value is -1.87. The second-order valence-corrected chi connectivity index (χ2v) is 6.64. The third kappa shape index (κ3) is 4.21. The third-order valence-electron chi connectivity index (χ3n) is 3.59. The van der Waals surface area contributed by atoms with Crippen LogP contribution in [0.25, 0.3) is 0 Å². The Morgan fingerprint density at radius 1 is 1.28 bits per heavy atom. The molecule has 0 aliphatic carbocycles. The van der Waals surface area contributed by atoms with E-state index in [4.69, 9.17) is 45.9 Å². The van der Waals surface area contributed by atoms with Crippen LogP contribution >= 0.6 is 35.4 Å². The number of halogens is 2. The summed E-state index contributed by atoms with van der Waals surface area (Å²) >= 11 is 17.2. The Morgan fingerprint density at radius 3 is 2.52 bits per heavy atom. The van der Waals surface area contributed by atoms with Crippen molar-refractivity contribution in [3.05, 3.63) is 44.2 Å². The van der Waals surface area contributed by atoms with Crippen LogP contribution in [0.15, 0.2) is 23.0 Å². The molecule has 1 fully saturated rings. The number of aromatic nitrogens is 2. The molecule has 0 saturated carbocycles. The highest BCUT2D eigenvalue weighted by molar-refractivity contribution is 7.81. The van der Waals surface area contributed by atoms with Gasteiger partial charge in [0.05, 0.1) is 13.2 Å². The molecule has 1 aliphatic rings. The van der Waals surface area contributed by atoms with Crippen molar-refractivity contribution in [1.82, 2.24) is 9.97 Å². The molecular weight excluding hydrogens is 385 g/mol. The number of thiocarbonyl (C=S) groups is 1. The first-order valence-corrected chi connectivity index (χ1v) is 8.60. The Kier molecular flexibility index (Phi) is 5.43. The Morgan fingerprint density at radius 2 is 1.92 bits per heavy atom. The van der Waals surface area contributed by atoms with E-state index in [0.717, 1.165) is 0 Å². The molecule has 2 heterocycles. The fraction of sp³-hybridized carbons (Fsp3) is 0.267. The SMILES string of the molecule is Nc1nc(N2CCOCC2)[nH]c(=O)c1C(=S)Nc1cc(Cl)cc(Cl)c1. The van der Waals surface area contributed by atoms with E-state index in [9.17, 15) is 4.79 Å². The van der Waals surface area contributed by atoms with E-state index < -0.39 is 5.56 Å². The first-order chi connectivity index (χ1) is 11.9. The quantitative estimate of drug-likeness (QED) is 0.681. The molecule has 0 unspecified atom stereocenters. The zero-order chi connectivity index (χ0) is 18.0. The summed E-state index contributed by atoms with van der Waals surface area (Å²) in [7, 11) is 0. The van der Waals surface area contributed by atoms with Gasteiger partial charge in [-0.25, -0.2) is 0 Å². The molecular formula is C15H15Cl2N5O2S. The van der Waals surface area contributed by atoms with Gasteiger partial charge in [-0.15, -0.1) is 0 Å². The average molecular weight is 400 g/mol. The lowest BCUT2D eigenvalue weighted by Gasteiger charge is -2.27. The molecule has 0 amide bonds. The number of rotatable bonds is 3. The number of H-pyrrole nitrogens is 1. The van der Waals surface area contributed by atoms with Crippen molar-refractivity contribution >= 4 is 57.9 Å². The van der Waals surface area contributed by atoms with Gasteiger partial charge in [0, 0.05) is 28.8 Å². The van der Waals surface area contributed by atoms with Crippen molar-refractivity contribution in [3.8, 4) is 0 Å².